The van der Waals surface area contributed by atoms with Gasteiger partial charge in [-0.25, -0.2) is 4.79 Å². The average Bonchev–Trinajstić information content (AvgIpc) is 2.84. The molecule has 5 aromatic rings. The number of hydrogen-bond donors (Lipinski definition) is 0. The first-order valence-electron chi connectivity index (χ1n) is 11.2. The van der Waals surface area contributed by atoms with Gasteiger partial charge in [-0.15, -0.1) is 0 Å². The molecule has 0 aliphatic heterocycles. The van der Waals surface area contributed by atoms with Crippen molar-refractivity contribution < 1.29 is 18.7 Å². The minimum atomic E-state index is -0.533. The van der Waals surface area contributed by atoms with E-state index < -0.39 is 5.97 Å². The number of benzene rings is 4. The maximum absolute atomic E-state index is 12.9. The standard InChI is InChI=1S/C30H22O5/c1-19-14-20(2)16-24(15-19)34-28-18-33-27-17-23(11-12-26(27)30(28)32)35-29(31)13-10-22-8-5-7-21-6-3-4-9-25(21)22/h3-18H,1-2H3. The SMILES string of the molecule is Cc1cc(C)cc(Oc2coc3cc(OC(=O)C=Cc4cccc5ccccc45)ccc3c2=O)c1. The van der Waals surface area contributed by atoms with Crippen molar-refractivity contribution in [2.24, 2.45) is 0 Å². The third-order valence-electron chi connectivity index (χ3n) is 5.58. The van der Waals surface area contributed by atoms with Crippen molar-refractivity contribution in [3.05, 3.63) is 118 Å². The van der Waals surface area contributed by atoms with E-state index in [-0.39, 0.29) is 16.9 Å². The average molecular weight is 463 g/mol. The van der Waals surface area contributed by atoms with Crippen molar-refractivity contribution >= 4 is 33.8 Å². The fourth-order valence-corrected chi connectivity index (χ4v) is 4.05. The quantitative estimate of drug-likeness (QED) is 0.160. The van der Waals surface area contributed by atoms with Crippen molar-refractivity contribution in [3.8, 4) is 17.2 Å². The highest BCUT2D eigenvalue weighted by atomic mass is 16.5. The first kappa shape index (κ1) is 22.2. The van der Waals surface area contributed by atoms with Gasteiger partial charge in [0.1, 0.15) is 23.3 Å². The molecule has 0 amide bonds. The van der Waals surface area contributed by atoms with Crippen LogP contribution in [0.3, 0.4) is 0 Å². The van der Waals surface area contributed by atoms with Crippen molar-refractivity contribution in [2.45, 2.75) is 13.8 Å². The lowest BCUT2D eigenvalue weighted by molar-refractivity contribution is -0.128. The molecule has 172 valence electrons. The summed E-state index contributed by atoms with van der Waals surface area (Å²) in [6.45, 7) is 3.92. The van der Waals surface area contributed by atoms with E-state index in [1.54, 1.807) is 18.2 Å². The van der Waals surface area contributed by atoms with E-state index in [4.69, 9.17) is 13.9 Å². The number of hydrogen-bond acceptors (Lipinski definition) is 5. The molecule has 0 saturated carbocycles. The monoisotopic (exact) mass is 462 g/mol. The van der Waals surface area contributed by atoms with Crippen LogP contribution in [0.15, 0.2) is 100 Å². The molecule has 0 aliphatic rings. The number of rotatable bonds is 5. The normalized spacial score (nSPS) is 11.3. The molecule has 1 aromatic heterocycles. The minimum Gasteiger partial charge on any atom is -0.460 e. The van der Waals surface area contributed by atoms with Crippen molar-refractivity contribution in [1.82, 2.24) is 0 Å². The molecule has 0 spiro atoms. The highest BCUT2D eigenvalue weighted by molar-refractivity contribution is 5.95. The van der Waals surface area contributed by atoms with Gasteiger partial charge >= 0.3 is 5.97 Å². The summed E-state index contributed by atoms with van der Waals surface area (Å²) in [5.74, 6) is 0.397. The van der Waals surface area contributed by atoms with Gasteiger partial charge in [0, 0.05) is 12.1 Å². The van der Waals surface area contributed by atoms with Gasteiger partial charge in [-0.05, 0) is 71.7 Å². The number of carbonyl (C=O) groups is 1. The van der Waals surface area contributed by atoms with Crippen LogP contribution >= 0.6 is 0 Å². The van der Waals surface area contributed by atoms with E-state index in [0.717, 1.165) is 27.5 Å². The molecule has 0 unspecified atom stereocenters. The fraction of sp³-hybridized carbons (Fsp3) is 0.0667. The Balaban J connectivity index is 1.35. The van der Waals surface area contributed by atoms with Crippen molar-refractivity contribution in [2.75, 3.05) is 0 Å². The summed E-state index contributed by atoms with van der Waals surface area (Å²) in [5, 5.41) is 2.47. The molecule has 0 bridgehead atoms. The van der Waals surface area contributed by atoms with Crippen LogP contribution in [0.25, 0.3) is 27.8 Å². The Morgan fingerprint density at radius 1 is 0.829 bits per heavy atom. The molecule has 0 atom stereocenters. The summed E-state index contributed by atoms with van der Waals surface area (Å²) in [6.07, 6.45) is 4.37. The molecule has 35 heavy (non-hydrogen) atoms. The Labute approximate surface area is 201 Å². The number of aryl methyl sites for hydroxylation is 2. The summed E-state index contributed by atoms with van der Waals surface area (Å²) >= 11 is 0. The molecule has 0 N–H and O–H groups in total. The fourth-order valence-electron chi connectivity index (χ4n) is 4.05. The zero-order valence-corrected chi connectivity index (χ0v) is 19.3. The molecule has 5 rings (SSSR count). The first-order valence-corrected chi connectivity index (χ1v) is 11.2. The van der Waals surface area contributed by atoms with Gasteiger partial charge < -0.3 is 13.9 Å². The molecular formula is C30H22O5. The van der Waals surface area contributed by atoms with E-state index in [2.05, 4.69) is 0 Å². The lowest BCUT2D eigenvalue weighted by atomic mass is 10.0. The molecule has 0 radical (unpaired) electrons. The summed E-state index contributed by atoms with van der Waals surface area (Å²) in [6, 6.07) is 24.2. The lowest BCUT2D eigenvalue weighted by Crippen LogP contribution is -2.06. The Morgan fingerprint density at radius 3 is 2.43 bits per heavy atom. The van der Waals surface area contributed by atoms with Gasteiger partial charge in [-0.1, -0.05) is 48.5 Å². The van der Waals surface area contributed by atoms with Crippen LogP contribution in [0, 0.1) is 13.8 Å². The molecule has 4 aromatic carbocycles. The van der Waals surface area contributed by atoms with Gasteiger partial charge in [0.15, 0.2) is 0 Å². The van der Waals surface area contributed by atoms with Crippen LogP contribution in [0.1, 0.15) is 16.7 Å². The smallest absolute Gasteiger partial charge is 0.336 e. The van der Waals surface area contributed by atoms with E-state index >= 15 is 0 Å². The van der Waals surface area contributed by atoms with Crippen LogP contribution in [0.4, 0.5) is 0 Å². The van der Waals surface area contributed by atoms with E-state index in [9.17, 15) is 9.59 Å². The van der Waals surface area contributed by atoms with E-state index in [0.29, 0.717) is 16.7 Å². The molecule has 1 heterocycles. The Hall–Kier alpha value is -4.64. The number of ether oxygens (including phenoxy) is 2. The van der Waals surface area contributed by atoms with Crippen LogP contribution in [-0.2, 0) is 4.79 Å². The molecular weight excluding hydrogens is 440 g/mol. The molecule has 0 aliphatic carbocycles. The summed E-state index contributed by atoms with van der Waals surface area (Å²) < 4.78 is 16.8. The van der Waals surface area contributed by atoms with Gasteiger partial charge in [-0.2, -0.15) is 0 Å². The Kier molecular flexibility index (Phi) is 5.90. The summed E-state index contributed by atoms with van der Waals surface area (Å²) in [4.78, 5) is 25.3. The van der Waals surface area contributed by atoms with Crippen LogP contribution in [-0.4, -0.2) is 5.97 Å². The summed E-state index contributed by atoms with van der Waals surface area (Å²) in [5.41, 5.74) is 2.98. The summed E-state index contributed by atoms with van der Waals surface area (Å²) in [7, 11) is 0. The number of fused-ring (bicyclic) bond motifs is 2. The molecule has 5 nitrogen and oxygen atoms in total. The van der Waals surface area contributed by atoms with Crippen LogP contribution < -0.4 is 14.9 Å². The van der Waals surface area contributed by atoms with Gasteiger partial charge in [0.25, 0.3) is 0 Å². The number of esters is 1. The zero-order chi connectivity index (χ0) is 24.4. The van der Waals surface area contributed by atoms with Gasteiger partial charge in [0.2, 0.25) is 11.2 Å². The Bertz CT molecular complexity index is 1630. The zero-order valence-electron chi connectivity index (χ0n) is 19.3. The van der Waals surface area contributed by atoms with Crippen LogP contribution in [0.5, 0.6) is 17.2 Å². The third-order valence-corrected chi connectivity index (χ3v) is 5.58. The van der Waals surface area contributed by atoms with Crippen molar-refractivity contribution in [3.63, 3.8) is 0 Å². The Morgan fingerprint density at radius 2 is 1.60 bits per heavy atom. The highest BCUT2D eigenvalue weighted by Gasteiger charge is 2.12. The maximum atomic E-state index is 12.9. The largest absolute Gasteiger partial charge is 0.460 e. The predicted octanol–water partition coefficient (Wildman–Crippen LogP) is 6.97. The van der Waals surface area contributed by atoms with E-state index in [1.807, 2.05) is 74.5 Å². The van der Waals surface area contributed by atoms with Crippen molar-refractivity contribution in [1.29, 1.82) is 0 Å². The van der Waals surface area contributed by atoms with E-state index in [1.165, 1.54) is 18.4 Å². The predicted molar refractivity (Wildman–Crippen MR) is 137 cm³/mol. The third kappa shape index (κ3) is 4.84. The van der Waals surface area contributed by atoms with Gasteiger partial charge in [-0.3, -0.25) is 4.79 Å². The maximum Gasteiger partial charge on any atom is 0.336 e. The van der Waals surface area contributed by atoms with Gasteiger partial charge in [0.05, 0.1) is 5.39 Å². The first-order chi connectivity index (χ1) is 17.0. The number of carbonyl (C=O) groups excluding carboxylic acids is 1. The molecule has 0 saturated heterocycles. The van der Waals surface area contributed by atoms with Crippen LogP contribution in [0.2, 0.25) is 0 Å². The lowest BCUT2D eigenvalue weighted by Gasteiger charge is -2.08. The second kappa shape index (κ2) is 9.31. The molecule has 5 heteroatoms. The minimum absolute atomic E-state index is 0.0882. The highest BCUT2D eigenvalue weighted by Crippen LogP contribution is 2.26. The molecule has 0 fully saturated rings. The second-order valence-corrected chi connectivity index (χ2v) is 8.34. The topological polar surface area (TPSA) is 65.7 Å². The second-order valence-electron chi connectivity index (χ2n) is 8.34.